The minimum atomic E-state index is 0.717. The van der Waals surface area contributed by atoms with E-state index in [1.54, 1.807) is 14.2 Å². The first-order chi connectivity index (χ1) is 8.76. The molecule has 0 saturated heterocycles. The first-order valence-electron chi connectivity index (χ1n) is 5.69. The number of nitrogens with zero attached hydrogens (tertiary/aromatic N) is 1. The predicted molar refractivity (Wildman–Crippen MR) is 70.5 cm³/mol. The number of aromatic amines is 1. The summed E-state index contributed by atoms with van der Waals surface area (Å²) in [6, 6.07) is 5.76. The van der Waals surface area contributed by atoms with Crippen molar-refractivity contribution in [3.05, 3.63) is 35.7 Å². The molecule has 96 valence electrons. The van der Waals surface area contributed by atoms with Crippen LogP contribution >= 0.6 is 0 Å². The number of nitrogens with one attached hydrogen (secondary N) is 2. The molecule has 1 aromatic heterocycles. The average Bonchev–Trinajstić information content (AvgIpc) is 2.86. The van der Waals surface area contributed by atoms with Crippen molar-refractivity contribution in [1.29, 1.82) is 0 Å². The number of ether oxygens (including phenoxy) is 2. The summed E-state index contributed by atoms with van der Waals surface area (Å²) in [7, 11) is 5.15. The van der Waals surface area contributed by atoms with E-state index in [-0.39, 0.29) is 0 Å². The maximum absolute atomic E-state index is 5.34. The lowest BCUT2D eigenvalue weighted by molar-refractivity contribution is 0.399. The van der Waals surface area contributed by atoms with E-state index >= 15 is 0 Å². The molecule has 0 fully saturated rings. The molecule has 18 heavy (non-hydrogen) atoms. The standard InChI is InChI=1S/C13H17N3O2/c1-14-13-15-8-10(16-13)6-9-7-11(17-2)4-5-12(9)18-3/h4-5,7-8H,6H2,1-3H3,(H2,14,15,16). The Morgan fingerprint density at radius 2 is 2.11 bits per heavy atom. The highest BCUT2D eigenvalue weighted by Gasteiger charge is 2.08. The molecule has 2 aromatic rings. The highest BCUT2D eigenvalue weighted by molar-refractivity contribution is 5.42. The molecule has 0 bridgehead atoms. The lowest BCUT2D eigenvalue weighted by Crippen LogP contribution is -1.96. The lowest BCUT2D eigenvalue weighted by atomic mass is 10.1. The van der Waals surface area contributed by atoms with Gasteiger partial charge in [-0.25, -0.2) is 4.98 Å². The molecule has 0 radical (unpaired) electrons. The average molecular weight is 247 g/mol. The summed E-state index contributed by atoms with van der Waals surface area (Å²) in [5.41, 5.74) is 2.08. The maximum Gasteiger partial charge on any atom is 0.200 e. The summed E-state index contributed by atoms with van der Waals surface area (Å²) in [4.78, 5) is 7.37. The van der Waals surface area contributed by atoms with Crippen LogP contribution in [-0.2, 0) is 6.42 Å². The van der Waals surface area contributed by atoms with Crippen LogP contribution in [0.2, 0.25) is 0 Å². The summed E-state index contributed by atoms with van der Waals surface area (Å²) < 4.78 is 10.6. The van der Waals surface area contributed by atoms with Gasteiger partial charge in [-0.2, -0.15) is 0 Å². The number of aromatic nitrogens is 2. The van der Waals surface area contributed by atoms with Gasteiger partial charge in [0.25, 0.3) is 0 Å². The molecule has 2 rings (SSSR count). The second-order valence-electron chi connectivity index (χ2n) is 3.86. The summed E-state index contributed by atoms with van der Waals surface area (Å²) in [6.07, 6.45) is 2.53. The summed E-state index contributed by atoms with van der Waals surface area (Å²) in [5, 5.41) is 2.96. The Kier molecular flexibility index (Phi) is 3.72. The number of hydrogen-bond acceptors (Lipinski definition) is 4. The fourth-order valence-corrected chi connectivity index (χ4v) is 1.80. The van der Waals surface area contributed by atoms with Gasteiger partial charge in [0.2, 0.25) is 0 Å². The predicted octanol–water partition coefficient (Wildman–Crippen LogP) is 2.06. The quantitative estimate of drug-likeness (QED) is 0.849. The highest BCUT2D eigenvalue weighted by atomic mass is 16.5. The summed E-state index contributed by atoms with van der Waals surface area (Å²) >= 11 is 0. The molecule has 0 spiro atoms. The van der Waals surface area contributed by atoms with Crippen LogP contribution < -0.4 is 14.8 Å². The SMILES string of the molecule is CNc1ncc(Cc2cc(OC)ccc2OC)[nH]1. The van der Waals surface area contributed by atoms with Crippen molar-refractivity contribution < 1.29 is 9.47 Å². The minimum Gasteiger partial charge on any atom is -0.497 e. The molecule has 0 aliphatic carbocycles. The van der Waals surface area contributed by atoms with E-state index in [0.29, 0.717) is 0 Å². The van der Waals surface area contributed by atoms with E-state index in [1.165, 1.54) is 0 Å². The largest absolute Gasteiger partial charge is 0.497 e. The normalized spacial score (nSPS) is 10.2. The minimum absolute atomic E-state index is 0.717. The molecular formula is C13H17N3O2. The molecule has 0 aliphatic heterocycles. The van der Waals surface area contributed by atoms with Crippen molar-refractivity contribution in [3.8, 4) is 11.5 Å². The van der Waals surface area contributed by atoms with E-state index in [0.717, 1.165) is 35.1 Å². The van der Waals surface area contributed by atoms with Gasteiger partial charge in [0.1, 0.15) is 11.5 Å². The number of imidazole rings is 1. The van der Waals surface area contributed by atoms with E-state index in [4.69, 9.17) is 9.47 Å². The number of methoxy groups -OCH3 is 2. The Morgan fingerprint density at radius 1 is 1.28 bits per heavy atom. The van der Waals surface area contributed by atoms with Gasteiger partial charge in [-0.1, -0.05) is 0 Å². The van der Waals surface area contributed by atoms with Crippen molar-refractivity contribution in [1.82, 2.24) is 9.97 Å². The molecule has 5 heteroatoms. The monoisotopic (exact) mass is 247 g/mol. The zero-order chi connectivity index (χ0) is 13.0. The lowest BCUT2D eigenvalue weighted by Gasteiger charge is -2.09. The zero-order valence-electron chi connectivity index (χ0n) is 10.8. The molecule has 0 amide bonds. The number of hydrogen-bond donors (Lipinski definition) is 2. The summed E-state index contributed by atoms with van der Waals surface area (Å²) in [6.45, 7) is 0. The van der Waals surface area contributed by atoms with Crippen LogP contribution in [0.25, 0.3) is 0 Å². The molecule has 1 heterocycles. The molecule has 1 aromatic carbocycles. The Morgan fingerprint density at radius 3 is 2.72 bits per heavy atom. The first-order valence-corrected chi connectivity index (χ1v) is 5.69. The van der Waals surface area contributed by atoms with Gasteiger partial charge in [0, 0.05) is 24.7 Å². The Labute approximate surface area is 106 Å². The molecule has 0 aliphatic rings. The van der Waals surface area contributed by atoms with Gasteiger partial charge in [0.05, 0.1) is 20.4 Å². The fraction of sp³-hybridized carbons (Fsp3) is 0.308. The molecular weight excluding hydrogens is 230 g/mol. The molecule has 0 atom stereocenters. The number of H-pyrrole nitrogens is 1. The third kappa shape index (κ3) is 2.56. The van der Waals surface area contributed by atoms with Crippen LogP contribution in [0.1, 0.15) is 11.3 Å². The third-order valence-electron chi connectivity index (χ3n) is 2.73. The van der Waals surface area contributed by atoms with Crippen molar-refractivity contribution in [2.75, 3.05) is 26.6 Å². The van der Waals surface area contributed by atoms with Crippen LogP contribution in [0.15, 0.2) is 24.4 Å². The van der Waals surface area contributed by atoms with Crippen molar-refractivity contribution in [2.24, 2.45) is 0 Å². The van der Waals surface area contributed by atoms with Gasteiger partial charge < -0.3 is 19.8 Å². The Balaban J connectivity index is 2.25. The van der Waals surface area contributed by atoms with Gasteiger partial charge in [-0.05, 0) is 18.2 Å². The van der Waals surface area contributed by atoms with Gasteiger partial charge in [-0.15, -0.1) is 0 Å². The maximum atomic E-state index is 5.34. The molecule has 0 saturated carbocycles. The van der Waals surface area contributed by atoms with Crippen molar-refractivity contribution in [3.63, 3.8) is 0 Å². The van der Waals surface area contributed by atoms with Gasteiger partial charge in [-0.3, -0.25) is 0 Å². The van der Waals surface area contributed by atoms with Crippen LogP contribution in [0, 0.1) is 0 Å². The highest BCUT2D eigenvalue weighted by Crippen LogP contribution is 2.26. The first kappa shape index (κ1) is 12.3. The number of rotatable bonds is 5. The van der Waals surface area contributed by atoms with Crippen LogP contribution in [0.5, 0.6) is 11.5 Å². The molecule has 0 unspecified atom stereocenters. The van der Waals surface area contributed by atoms with Crippen LogP contribution in [0.4, 0.5) is 5.95 Å². The smallest absolute Gasteiger partial charge is 0.200 e. The Hall–Kier alpha value is -2.17. The van der Waals surface area contributed by atoms with E-state index in [2.05, 4.69) is 15.3 Å². The topological polar surface area (TPSA) is 59.2 Å². The second-order valence-corrected chi connectivity index (χ2v) is 3.86. The van der Waals surface area contributed by atoms with Crippen molar-refractivity contribution >= 4 is 5.95 Å². The van der Waals surface area contributed by atoms with Crippen LogP contribution in [0.3, 0.4) is 0 Å². The number of benzene rings is 1. The molecule has 2 N–H and O–H groups in total. The Bertz CT molecular complexity index is 523. The molecule has 5 nitrogen and oxygen atoms in total. The zero-order valence-corrected chi connectivity index (χ0v) is 10.8. The van der Waals surface area contributed by atoms with Gasteiger partial charge >= 0.3 is 0 Å². The van der Waals surface area contributed by atoms with Crippen molar-refractivity contribution in [2.45, 2.75) is 6.42 Å². The fourth-order valence-electron chi connectivity index (χ4n) is 1.80. The van der Waals surface area contributed by atoms with E-state index < -0.39 is 0 Å². The number of anilines is 1. The third-order valence-corrected chi connectivity index (χ3v) is 2.73. The van der Waals surface area contributed by atoms with Crippen LogP contribution in [-0.4, -0.2) is 31.2 Å². The van der Waals surface area contributed by atoms with E-state index in [9.17, 15) is 0 Å². The van der Waals surface area contributed by atoms with E-state index in [1.807, 2.05) is 31.4 Å². The summed E-state index contributed by atoms with van der Waals surface area (Å²) in [5.74, 6) is 2.42. The second kappa shape index (κ2) is 5.44. The van der Waals surface area contributed by atoms with Gasteiger partial charge in [0.15, 0.2) is 5.95 Å².